The van der Waals surface area contributed by atoms with Gasteiger partial charge in [0.05, 0.1) is 6.61 Å². The van der Waals surface area contributed by atoms with E-state index in [1.165, 1.54) is 0 Å². The van der Waals surface area contributed by atoms with Crippen molar-refractivity contribution >= 4 is 17.8 Å². The normalized spacial score (nSPS) is 13.1. The quantitative estimate of drug-likeness (QED) is 0.655. The average Bonchev–Trinajstić information content (AvgIpc) is 3.29. The Morgan fingerprint density at radius 2 is 2.09 bits per heavy atom. The lowest BCUT2D eigenvalue weighted by Gasteiger charge is -2.28. The number of amides is 2. The highest BCUT2D eigenvalue weighted by Gasteiger charge is 2.23. The number of ether oxygens (including phenoxy) is 1. The summed E-state index contributed by atoms with van der Waals surface area (Å²) in [4.78, 5) is 35.3. The van der Waals surface area contributed by atoms with Crippen molar-refractivity contribution in [1.82, 2.24) is 29.6 Å². The van der Waals surface area contributed by atoms with Crippen molar-refractivity contribution < 1.29 is 14.3 Å². The van der Waals surface area contributed by atoms with Gasteiger partial charge in [-0.3, -0.25) is 9.78 Å². The van der Waals surface area contributed by atoms with Crippen LogP contribution in [0.25, 0.3) is 11.5 Å². The molecule has 2 amide bonds. The molecule has 0 aromatic carbocycles. The highest BCUT2D eigenvalue weighted by Crippen LogP contribution is 2.22. The highest BCUT2D eigenvalue weighted by atomic mass is 16.6. The van der Waals surface area contributed by atoms with Crippen molar-refractivity contribution in [1.29, 1.82) is 0 Å². The summed E-state index contributed by atoms with van der Waals surface area (Å²) in [6.07, 6.45) is 3.67. The number of carbonyl (C=O) groups is 2. The number of anilines is 1. The van der Waals surface area contributed by atoms with Crippen LogP contribution in [0.3, 0.4) is 0 Å². The SMILES string of the molecule is CCOC(=O)N1CCc2cnc(C(=O)Nc3cccc(-c4nncn4C(C)C)n3)cc2C1. The zero-order valence-corrected chi connectivity index (χ0v) is 18.3. The fourth-order valence-corrected chi connectivity index (χ4v) is 3.55. The van der Waals surface area contributed by atoms with E-state index in [9.17, 15) is 9.59 Å². The first-order valence-electron chi connectivity index (χ1n) is 10.5. The Morgan fingerprint density at radius 3 is 2.88 bits per heavy atom. The minimum atomic E-state index is -0.379. The Labute approximate surface area is 185 Å². The number of nitrogens with one attached hydrogen (secondary N) is 1. The Hall–Kier alpha value is -3.82. The number of pyridine rings is 2. The maximum Gasteiger partial charge on any atom is 0.410 e. The molecule has 4 heterocycles. The van der Waals surface area contributed by atoms with Crippen molar-refractivity contribution in [2.24, 2.45) is 0 Å². The second kappa shape index (κ2) is 9.13. The van der Waals surface area contributed by atoms with E-state index in [0.717, 1.165) is 11.1 Å². The molecule has 3 aromatic rings. The average molecular weight is 435 g/mol. The molecule has 3 aromatic heterocycles. The molecule has 10 heteroatoms. The molecular weight excluding hydrogens is 410 g/mol. The molecule has 1 aliphatic rings. The van der Waals surface area contributed by atoms with Gasteiger partial charge in [0.1, 0.15) is 23.5 Å². The fraction of sp³-hybridized carbons (Fsp3) is 0.364. The molecule has 32 heavy (non-hydrogen) atoms. The number of nitrogens with zero attached hydrogens (tertiary/aromatic N) is 6. The summed E-state index contributed by atoms with van der Waals surface area (Å²) >= 11 is 0. The molecule has 1 N–H and O–H groups in total. The van der Waals surface area contributed by atoms with Crippen molar-refractivity contribution in [3.05, 3.63) is 53.6 Å². The van der Waals surface area contributed by atoms with E-state index in [1.54, 1.807) is 42.5 Å². The molecule has 0 radical (unpaired) electrons. The van der Waals surface area contributed by atoms with Crippen LogP contribution in [0.1, 0.15) is 48.4 Å². The summed E-state index contributed by atoms with van der Waals surface area (Å²) in [5.41, 5.74) is 2.77. The number of fused-ring (bicyclic) bond motifs is 1. The van der Waals surface area contributed by atoms with Crippen LogP contribution in [0.2, 0.25) is 0 Å². The number of hydrogen-bond acceptors (Lipinski definition) is 7. The third-order valence-electron chi connectivity index (χ3n) is 5.20. The number of hydrogen-bond donors (Lipinski definition) is 1. The molecule has 10 nitrogen and oxygen atoms in total. The number of rotatable bonds is 5. The van der Waals surface area contributed by atoms with Crippen LogP contribution in [0, 0.1) is 0 Å². The van der Waals surface area contributed by atoms with Crippen LogP contribution in [0.15, 0.2) is 36.8 Å². The Kier molecular flexibility index (Phi) is 6.11. The third kappa shape index (κ3) is 4.43. The van der Waals surface area contributed by atoms with E-state index >= 15 is 0 Å². The monoisotopic (exact) mass is 435 g/mol. The summed E-state index contributed by atoms with van der Waals surface area (Å²) < 4.78 is 7.00. The molecule has 0 spiro atoms. The maximum absolute atomic E-state index is 12.8. The third-order valence-corrected chi connectivity index (χ3v) is 5.20. The second-order valence-corrected chi connectivity index (χ2v) is 7.73. The molecule has 0 fully saturated rings. The van der Waals surface area contributed by atoms with Gasteiger partial charge in [-0.05, 0) is 56.5 Å². The lowest BCUT2D eigenvalue weighted by molar-refractivity contribution is 0.102. The lowest BCUT2D eigenvalue weighted by atomic mass is 10.0. The highest BCUT2D eigenvalue weighted by molar-refractivity contribution is 6.02. The summed E-state index contributed by atoms with van der Waals surface area (Å²) in [5.74, 6) is 0.636. The molecule has 0 saturated carbocycles. The van der Waals surface area contributed by atoms with E-state index in [2.05, 4.69) is 25.5 Å². The maximum atomic E-state index is 12.8. The molecule has 166 valence electrons. The van der Waals surface area contributed by atoms with Crippen LogP contribution < -0.4 is 5.32 Å². The number of carbonyl (C=O) groups excluding carboxylic acids is 2. The molecule has 0 aliphatic carbocycles. The first-order valence-corrected chi connectivity index (χ1v) is 10.5. The first-order chi connectivity index (χ1) is 15.5. The van der Waals surface area contributed by atoms with Gasteiger partial charge in [0, 0.05) is 25.3 Å². The van der Waals surface area contributed by atoms with E-state index in [-0.39, 0.29) is 23.7 Å². The zero-order valence-electron chi connectivity index (χ0n) is 18.3. The van der Waals surface area contributed by atoms with Crippen molar-refractivity contribution in [2.45, 2.75) is 39.8 Å². The van der Waals surface area contributed by atoms with Gasteiger partial charge in [0.2, 0.25) is 0 Å². The molecule has 1 aliphatic heterocycles. The molecule has 4 rings (SSSR count). The van der Waals surface area contributed by atoms with Gasteiger partial charge in [-0.25, -0.2) is 9.78 Å². The standard InChI is InChI=1S/C22H25N7O3/c1-4-32-22(31)28-9-8-15-11-23-18(10-16(15)12-28)21(30)26-19-7-5-6-17(25-19)20-27-24-13-29(20)14(2)3/h5-7,10-11,13-14H,4,8-9,12H2,1-3H3,(H,25,26,30). The summed E-state index contributed by atoms with van der Waals surface area (Å²) in [7, 11) is 0. The lowest BCUT2D eigenvalue weighted by Crippen LogP contribution is -2.36. The van der Waals surface area contributed by atoms with E-state index < -0.39 is 0 Å². The van der Waals surface area contributed by atoms with Crippen molar-refractivity contribution in [3.8, 4) is 11.5 Å². The van der Waals surface area contributed by atoms with Crippen molar-refractivity contribution in [3.63, 3.8) is 0 Å². The minimum absolute atomic E-state index is 0.175. The Morgan fingerprint density at radius 1 is 1.25 bits per heavy atom. The molecule has 0 bridgehead atoms. The summed E-state index contributed by atoms with van der Waals surface area (Å²) in [5, 5.41) is 10.9. The van der Waals surface area contributed by atoms with Crippen LogP contribution in [-0.4, -0.2) is 54.8 Å². The van der Waals surface area contributed by atoms with Crippen LogP contribution >= 0.6 is 0 Å². The van der Waals surface area contributed by atoms with Gasteiger partial charge in [0.25, 0.3) is 5.91 Å². The number of aromatic nitrogens is 5. The predicted molar refractivity (Wildman–Crippen MR) is 117 cm³/mol. The molecule has 0 unspecified atom stereocenters. The van der Waals surface area contributed by atoms with E-state index in [4.69, 9.17) is 4.74 Å². The minimum Gasteiger partial charge on any atom is -0.450 e. The Bertz CT molecular complexity index is 1140. The van der Waals surface area contributed by atoms with Crippen LogP contribution in [-0.2, 0) is 17.7 Å². The summed E-state index contributed by atoms with van der Waals surface area (Å²) in [6, 6.07) is 7.22. The van der Waals surface area contributed by atoms with Crippen molar-refractivity contribution in [2.75, 3.05) is 18.5 Å². The largest absolute Gasteiger partial charge is 0.450 e. The van der Waals surface area contributed by atoms with Gasteiger partial charge in [-0.2, -0.15) is 0 Å². The van der Waals surface area contributed by atoms with Crippen LogP contribution in [0.4, 0.5) is 10.6 Å². The van der Waals surface area contributed by atoms with Gasteiger partial charge >= 0.3 is 6.09 Å². The predicted octanol–water partition coefficient (Wildman–Crippen LogP) is 3.08. The fourth-order valence-electron chi connectivity index (χ4n) is 3.55. The van der Waals surface area contributed by atoms with E-state index in [1.807, 2.05) is 24.5 Å². The second-order valence-electron chi connectivity index (χ2n) is 7.73. The Balaban J connectivity index is 1.51. The van der Waals surface area contributed by atoms with Gasteiger partial charge < -0.3 is 19.5 Å². The molecule has 0 atom stereocenters. The first kappa shape index (κ1) is 21.4. The van der Waals surface area contributed by atoms with Gasteiger partial charge in [-0.1, -0.05) is 6.07 Å². The smallest absolute Gasteiger partial charge is 0.410 e. The van der Waals surface area contributed by atoms with Gasteiger partial charge in [0.15, 0.2) is 5.82 Å². The molecule has 0 saturated heterocycles. The van der Waals surface area contributed by atoms with Crippen LogP contribution in [0.5, 0.6) is 0 Å². The van der Waals surface area contributed by atoms with E-state index in [0.29, 0.717) is 43.5 Å². The van der Waals surface area contributed by atoms with Gasteiger partial charge in [-0.15, -0.1) is 10.2 Å². The summed E-state index contributed by atoms with van der Waals surface area (Å²) in [6.45, 7) is 7.11. The zero-order chi connectivity index (χ0) is 22.7. The topological polar surface area (TPSA) is 115 Å². The molecular formula is C22H25N7O3.